The highest BCUT2D eigenvalue weighted by atomic mass is 16.5. The fraction of sp³-hybridized carbons (Fsp3) is 0.923. The van der Waals surface area contributed by atoms with Gasteiger partial charge in [0.15, 0.2) is 0 Å². The minimum Gasteiger partial charge on any atom is -0.381 e. The molecule has 0 aromatic carbocycles. The lowest BCUT2D eigenvalue weighted by Gasteiger charge is -2.34. The van der Waals surface area contributed by atoms with Gasteiger partial charge in [-0.3, -0.25) is 10.1 Å². The van der Waals surface area contributed by atoms with E-state index in [0.717, 1.165) is 32.5 Å². The van der Waals surface area contributed by atoms with Crippen LogP contribution in [-0.2, 0) is 9.53 Å². The van der Waals surface area contributed by atoms with E-state index in [1.165, 1.54) is 0 Å². The van der Waals surface area contributed by atoms with Crippen molar-refractivity contribution in [3.8, 4) is 0 Å². The highest BCUT2D eigenvalue weighted by Crippen LogP contribution is 2.28. The summed E-state index contributed by atoms with van der Waals surface area (Å²) in [6, 6.07) is 0.326. The van der Waals surface area contributed by atoms with Crippen LogP contribution >= 0.6 is 0 Å². The van der Waals surface area contributed by atoms with Gasteiger partial charge in [-0.1, -0.05) is 6.92 Å². The van der Waals surface area contributed by atoms with Gasteiger partial charge >= 0.3 is 0 Å². The van der Waals surface area contributed by atoms with E-state index in [1.54, 1.807) is 0 Å². The van der Waals surface area contributed by atoms with Crippen LogP contribution in [0.15, 0.2) is 0 Å². The second kappa shape index (κ2) is 4.94. The summed E-state index contributed by atoms with van der Waals surface area (Å²) in [6.07, 6.45) is 3.00. The molecule has 17 heavy (non-hydrogen) atoms. The number of ether oxygens (including phenoxy) is 1. The van der Waals surface area contributed by atoms with Gasteiger partial charge in [0.25, 0.3) is 0 Å². The summed E-state index contributed by atoms with van der Waals surface area (Å²) in [6.45, 7) is 8.63. The molecule has 2 atom stereocenters. The Labute approximate surface area is 104 Å². The van der Waals surface area contributed by atoms with Crippen molar-refractivity contribution in [3.63, 3.8) is 0 Å². The molecule has 0 aliphatic carbocycles. The first-order chi connectivity index (χ1) is 8.08. The average molecular weight is 240 g/mol. The van der Waals surface area contributed by atoms with Gasteiger partial charge in [0.05, 0.1) is 12.2 Å². The number of hydrogen-bond acceptors (Lipinski definition) is 3. The van der Waals surface area contributed by atoms with Gasteiger partial charge in [0, 0.05) is 19.3 Å². The minimum absolute atomic E-state index is 0.263. The Balaban J connectivity index is 2.01. The van der Waals surface area contributed by atoms with Gasteiger partial charge in [-0.05, 0) is 39.0 Å². The van der Waals surface area contributed by atoms with Gasteiger partial charge in [0.1, 0.15) is 0 Å². The van der Waals surface area contributed by atoms with Crippen molar-refractivity contribution < 1.29 is 9.53 Å². The van der Waals surface area contributed by atoms with Crippen LogP contribution in [0.3, 0.4) is 0 Å². The molecule has 2 unspecified atom stereocenters. The molecular formula is C13H24N2O2. The second-order valence-electron chi connectivity index (χ2n) is 5.49. The Morgan fingerprint density at radius 3 is 2.71 bits per heavy atom. The molecule has 0 saturated carbocycles. The third-order valence-electron chi connectivity index (χ3n) is 4.52. The van der Waals surface area contributed by atoms with Crippen LogP contribution in [0.4, 0.5) is 0 Å². The molecule has 4 nitrogen and oxygen atoms in total. The number of carbonyl (C=O) groups is 1. The summed E-state index contributed by atoms with van der Waals surface area (Å²) >= 11 is 0. The van der Waals surface area contributed by atoms with Crippen LogP contribution in [0.5, 0.6) is 0 Å². The summed E-state index contributed by atoms with van der Waals surface area (Å²) in [7, 11) is 0. The Kier molecular flexibility index (Phi) is 3.73. The summed E-state index contributed by atoms with van der Waals surface area (Å²) in [5, 5.41) is 3.35. The number of carbonyl (C=O) groups excluding carboxylic acids is 1. The van der Waals surface area contributed by atoms with Gasteiger partial charge in [-0.2, -0.15) is 0 Å². The van der Waals surface area contributed by atoms with Crippen molar-refractivity contribution in [1.29, 1.82) is 0 Å². The summed E-state index contributed by atoms with van der Waals surface area (Å²) in [4.78, 5) is 14.4. The Hall–Kier alpha value is -0.610. The maximum atomic E-state index is 12.4. The van der Waals surface area contributed by atoms with Gasteiger partial charge in [-0.15, -0.1) is 0 Å². The van der Waals surface area contributed by atoms with Gasteiger partial charge in [0.2, 0.25) is 5.91 Å². The molecule has 0 aromatic heterocycles. The van der Waals surface area contributed by atoms with Gasteiger partial charge in [-0.25, -0.2) is 0 Å². The Morgan fingerprint density at radius 1 is 1.53 bits per heavy atom. The van der Waals surface area contributed by atoms with E-state index in [-0.39, 0.29) is 11.4 Å². The monoisotopic (exact) mass is 240 g/mol. The third kappa shape index (κ3) is 2.33. The molecule has 0 spiro atoms. The molecule has 2 saturated heterocycles. The molecule has 0 bridgehead atoms. The zero-order valence-corrected chi connectivity index (χ0v) is 11.2. The largest absolute Gasteiger partial charge is 0.381 e. The van der Waals surface area contributed by atoms with E-state index in [0.29, 0.717) is 18.6 Å². The molecule has 2 fully saturated rings. The van der Waals surface area contributed by atoms with E-state index in [4.69, 9.17) is 4.74 Å². The number of rotatable bonds is 3. The molecule has 1 N–H and O–H groups in total. The molecule has 0 aromatic rings. The molecule has 2 aliphatic heterocycles. The first kappa shape index (κ1) is 12.8. The van der Waals surface area contributed by atoms with Crippen molar-refractivity contribution in [2.75, 3.05) is 19.9 Å². The lowest BCUT2D eigenvalue weighted by atomic mass is 9.91. The first-order valence-electron chi connectivity index (χ1n) is 6.72. The van der Waals surface area contributed by atoms with Crippen LogP contribution in [0, 0.1) is 5.92 Å². The summed E-state index contributed by atoms with van der Waals surface area (Å²) in [5.41, 5.74) is -0.348. The van der Waals surface area contributed by atoms with Gasteiger partial charge < -0.3 is 9.64 Å². The third-order valence-corrected chi connectivity index (χ3v) is 4.52. The van der Waals surface area contributed by atoms with E-state index in [9.17, 15) is 4.79 Å². The Bertz CT molecular complexity index is 289. The fourth-order valence-corrected chi connectivity index (χ4v) is 2.78. The van der Waals surface area contributed by atoms with Crippen LogP contribution in [-0.4, -0.2) is 42.3 Å². The highest BCUT2D eigenvalue weighted by Gasteiger charge is 2.43. The number of nitrogens with zero attached hydrogens (tertiary/aromatic N) is 1. The smallest absolute Gasteiger partial charge is 0.243 e. The predicted octanol–water partition coefficient (Wildman–Crippen LogP) is 1.36. The number of hydrogen-bond donors (Lipinski definition) is 1. The number of nitrogens with one attached hydrogen (secondary N) is 1. The standard InChI is InChI=1S/C13H24N2O2/c1-4-13(3)12(16)15(9-14-13)10(2)11-5-7-17-8-6-11/h10-11,14H,4-9H2,1-3H3. The van der Waals surface area contributed by atoms with Crippen molar-refractivity contribution in [1.82, 2.24) is 10.2 Å². The molecule has 1 amide bonds. The second-order valence-corrected chi connectivity index (χ2v) is 5.49. The lowest BCUT2D eigenvalue weighted by Crippen LogP contribution is -2.46. The van der Waals surface area contributed by atoms with Crippen molar-refractivity contribution in [3.05, 3.63) is 0 Å². The van der Waals surface area contributed by atoms with Crippen LogP contribution < -0.4 is 5.32 Å². The topological polar surface area (TPSA) is 41.6 Å². The van der Waals surface area contributed by atoms with Crippen LogP contribution in [0.2, 0.25) is 0 Å². The molecular weight excluding hydrogens is 216 g/mol. The fourth-order valence-electron chi connectivity index (χ4n) is 2.78. The Morgan fingerprint density at radius 2 is 2.18 bits per heavy atom. The zero-order valence-electron chi connectivity index (χ0n) is 11.2. The quantitative estimate of drug-likeness (QED) is 0.810. The lowest BCUT2D eigenvalue weighted by molar-refractivity contribution is -0.135. The van der Waals surface area contributed by atoms with E-state index < -0.39 is 0 Å². The zero-order chi connectivity index (χ0) is 12.5. The predicted molar refractivity (Wildman–Crippen MR) is 66.5 cm³/mol. The minimum atomic E-state index is -0.348. The summed E-state index contributed by atoms with van der Waals surface area (Å²) < 4.78 is 5.38. The molecule has 98 valence electrons. The van der Waals surface area contributed by atoms with Crippen molar-refractivity contribution in [2.24, 2.45) is 5.92 Å². The maximum Gasteiger partial charge on any atom is 0.243 e. The average Bonchev–Trinajstić information content (AvgIpc) is 2.67. The van der Waals surface area contributed by atoms with Crippen LogP contribution in [0.1, 0.15) is 40.0 Å². The molecule has 2 heterocycles. The summed E-state index contributed by atoms with van der Waals surface area (Å²) in [5.74, 6) is 0.854. The molecule has 2 aliphatic rings. The van der Waals surface area contributed by atoms with Crippen molar-refractivity contribution in [2.45, 2.75) is 51.6 Å². The number of amides is 1. The highest BCUT2D eigenvalue weighted by molar-refractivity contribution is 5.88. The maximum absolute atomic E-state index is 12.4. The molecule has 0 radical (unpaired) electrons. The molecule has 2 rings (SSSR count). The van der Waals surface area contributed by atoms with Crippen molar-refractivity contribution >= 4 is 5.91 Å². The normalized spacial score (nSPS) is 33.1. The van der Waals surface area contributed by atoms with E-state index in [2.05, 4.69) is 19.2 Å². The van der Waals surface area contributed by atoms with Crippen LogP contribution in [0.25, 0.3) is 0 Å². The van der Waals surface area contributed by atoms with E-state index >= 15 is 0 Å². The SMILES string of the molecule is CCC1(C)NCN(C(C)C2CCOCC2)C1=O. The first-order valence-corrected chi connectivity index (χ1v) is 6.72. The molecule has 4 heteroatoms. The van der Waals surface area contributed by atoms with E-state index in [1.807, 2.05) is 11.8 Å².